The highest BCUT2D eigenvalue weighted by Crippen LogP contribution is 2.48. The Kier molecular flexibility index (Phi) is 7.69. The Morgan fingerprint density at radius 2 is 1.70 bits per heavy atom. The third kappa shape index (κ3) is 5.32. The molecule has 2 aromatic carbocycles. The Hall–Kier alpha value is -4.42. The Morgan fingerprint density at radius 1 is 0.930 bits per heavy atom. The van der Waals surface area contributed by atoms with Crippen LogP contribution in [0.15, 0.2) is 114 Å². The molecule has 0 radical (unpaired) electrons. The summed E-state index contributed by atoms with van der Waals surface area (Å²) < 4.78 is 8.57. The van der Waals surface area contributed by atoms with Gasteiger partial charge in [0.2, 0.25) is 0 Å². The predicted octanol–water partition coefficient (Wildman–Crippen LogP) is 7.59. The first kappa shape index (κ1) is 27.4. The van der Waals surface area contributed by atoms with E-state index in [0.29, 0.717) is 18.3 Å². The number of benzene rings is 2. The van der Waals surface area contributed by atoms with Crippen LogP contribution in [0.3, 0.4) is 0 Å². The van der Waals surface area contributed by atoms with Gasteiger partial charge in [0.05, 0.1) is 18.7 Å². The number of hydrogen-bond donors (Lipinski definition) is 2. The minimum absolute atomic E-state index is 0.0396. The van der Waals surface area contributed by atoms with Crippen molar-refractivity contribution in [2.24, 2.45) is 5.92 Å². The van der Waals surface area contributed by atoms with Crippen LogP contribution in [0.2, 0.25) is 0 Å². The molecule has 6 nitrogen and oxygen atoms in total. The van der Waals surface area contributed by atoms with Gasteiger partial charge in [0.25, 0.3) is 0 Å². The number of aliphatic hydroxyl groups excluding tert-OH is 1. The zero-order chi connectivity index (χ0) is 29.1. The Bertz CT molecular complexity index is 1690. The zero-order valence-corrected chi connectivity index (χ0v) is 24.5. The fourth-order valence-electron chi connectivity index (χ4n) is 6.47. The van der Waals surface area contributed by atoms with E-state index in [1.165, 1.54) is 29.6 Å². The minimum Gasteiger partial charge on any atom is -0.493 e. The summed E-state index contributed by atoms with van der Waals surface area (Å²) >= 11 is 0. The summed E-state index contributed by atoms with van der Waals surface area (Å²) in [7, 11) is 0. The molecular formula is C37H38N4O2. The molecule has 0 amide bonds. The maximum Gasteiger partial charge on any atom is 0.131 e. The fourth-order valence-corrected chi connectivity index (χ4v) is 6.47. The van der Waals surface area contributed by atoms with E-state index in [1.54, 1.807) is 6.20 Å². The highest BCUT2D eigenvalue weighted by molar-refractivity contribution is 5.95. The van der Waals surface area contributed by atoms with Crippen LogP contribution in [0.4, 0.5) is 5.82 Å². The summed E-state index contributed by atoms with van der Waals surface area (Å²) in [5, 5.41) is 19.2. The van der Waals surface area contributed by atoms with Crippen LogP contribution < -0.4 is 10.1 Å². The average Bonchev–Trinajstić information content (AvgIpc) is 3.84. The SMILES string of the molecule is OCCNc1cc(-c2nn(C(C3=CC=CCC3)(C3=CC=CCC3)c3ccccc3)c3ccc(OCC4CC4)cc23)ccn1. The zero-order valence-electron chi connectivity index (χ0n) is 24.5. The normalized spacial score (nSPS) is 16.7. The number of nitrogens with one attached hydrogen (secondary N) is 1. The number of ether oxygens (including phenoxy) is 1. The average molecular weight is 571 g/mol. The molecule has 218 valence electrons. The third-order valence-electron chi connectivity index (χ3n) is 8.75. The molecule has 0 saturated heterocycles. The van der Waals surface area contributed by atoms with Crippen molar-refractivity contribution in [1.29, 1.82) is 0 Å². The van der Waals surface area contributed by atoms with Gasteiger partial charge in [-0.2, -0.15) is 5.10 Å². The maximum atomic E-state index is 9.39. The summed E-state index contributed by atoms with van der Waals surface area (Å²) in [6.07, 6.45) is 21.7. The molecule has 0 aliphatic heterocycles. The van der Waals surface area contributed by atoms with E-state index >= 15 is 0 Å². The van der Waals surface area contributed by atoms with Gasteiger partial charge in [-0.15, -0.1) is 0 Å². The summed E-state index contributed by atoms with van der Waals surface area (Å²) in [6.45, 7) is 1.23. The van der Waals surface area contributed by atoms with Gasteiger partial charge in [-0.05, 0) is 91.5 Å². The monoisotopic (exact) mass is 570 g/mol. The molecule has 4 aromatic rings. The van der Waals surface area contributed by atoms with Crippen LogP contribution in [-0.4, -0.2) is 39.6 Å². The second-order valence-electron chi connectivity index (χ2n) is 11.7. The first-order valence-electron chi connectivity index (χ1n) is 15.5. The van der Waals surface area contributed by atoms with E-state index in [2.05, 4.69) is 100.0 Å². The largest absolute Gasteiger partial charge is 0.493 e. The minimum atomic E-state index is -0.589. The van der Waals surface area contributed by atoms with Crippen molar-refractivity contribution in [1.82, 2.24) is 14.8 Å². The lowest BCUT2D eigenvalue weighted by Crippen LogP contribution is -2.41. The summed E-state index contributed by atoms with van der Waals surface area (Å²) in [5.41, 5.74) is 6.22. The smallest absolute Gasteiger partial charge is 0.131 e. The number of fused-ring (bicyclic) bond motifs is 1. The Morgan fingerprint density at radius 3 is 2.37 bits per heavy atom. The third-order valence-corrected chi connectivity index (χ3v) is 8.75. The molecule has 1 fully saturated rings. The van der Waals surface area contributed by atoms with Crippen molar-refractivity contribution >= 4 is 16.7 Å². The van der Waals surface area contributed by atoms with Crippen molar-refractivity contribution in [2.75, 3.05) is 25.1 Å². The number of pyridine rings is 1. The molecule has 2 heterocycles. The molecule has 7 rings (SSSR count). The van der Waals surface area contributed by atoms with Gasteiger partial charge in [0.1, 0.15) is 22.8 Å². The number of aliphatic hydroxyl groups is 1. The van der Waals surface area contributed by atoms with E-state index in [9.17, 15) is 5.11 Å². The number of aromatic nitrogens is 3. The fraction of sp³-hybridized carbons (Fsp3) is 0.297. The molecule has 0 atom stereocenters. The molecule has 3 aliphatic carbocycles. The molecule has 0 bridgehead atoms. The molecule has 2 aromatic heterocycles. The van der Waals surface area contributed by atoms with Crippen LogP contribution in [0, 0.1) is 5.92 Å². The first-order valence-corrected chi connectivity index (χ1v) is 15.5. The van der Waals surface area contributed by atoms with E-state index < -0.39 is 5.54 Å². The Labute approximate surface area is 253 Å². The standard InChI is InChI=1S/C37H38N4O2/c42-23-22-39-35-24-28(20-21-38-35)36-33-25-32(43-26-27-16-17-27)18-19-34(33)41(40-36)37(29-10-4-1-5-11-29,30-12-6-2-7-13-30)31-14-8-3-9-15-31/h1-6,8,10-12,14,18-21,24-25,27,42H,7,9,13,15-17,22-23,26H2,(H,38,39). The van der Waals surface area contributed by atoms with Crippen LogP contribution in [0.5, 0.6) is 5.75 Å². The van der Waals surface area contributed by atoms with Crippen molar-refractivity contribution < 1.29 is 9.84 Å². The van der Waals surface area contributed by atoms with Crippen LogP contribution in [0.1, 0.15) is 44.1 Å². The molecule has 43 heavy (non-hydrogen) atoms. The summed E-state index contributed by atoms with van der Waals surface area (Å²) in [4.78, 5) is 4.49. The Balaban J connectivity index is 1.50. The van der Waals surface area contributed by atoms with E-state index in [4.69, 9.17) is 9.84 Å². The molecule has 1 saturated carbocycles. The van der Waals surface area contributed by atoms with Gasteiger partial charge in [0, 0.05) is 23.7 Å². The van der Waals surface area contributed by atoms with Crippen LogP contribution >= 0.6 is 0 Å². The highest BCUT2D eigenvalue weighted by atomic mass is 16.5. The molecule has 0 spiro atoms. The van der Waals surface area contributed by atoms with Crippen molar-refractivity contribution in [3.8, 4) is 17.0 Å². The van der Waals surface area contributed by atoms with Gasteiger partial charge in [-0.25, -0.2) is 9.67 Å². The predicted molar refractivity (Wildman–Crippen MR) is 173 cm³/mol. The van der Waals surface area contributed by atoms with Crippen molar-refractivity contribution in [3.63, 3.8) is 0 Å². The topological polar surface area (TPSA) is 72.2 Å². The number of allylic oxidation sites excluding steroid dienone is 8. The lowest BCUT2D eigenvalue weighted by atomic mass is 9.71. The van der Waals surface area contributed by atoms with Crippen molar-refractivity contribution in [2.45, 2.75) is 44.1 Å². The number of anilines is 1. The molecule has 6 heteroatoms. The van der Waals surface area contributed by atoms with E-state index in [0.717, 1.165) is 60.2 Å². The molecular weight excluding hydrogens is 532 g/mol. The number of hydrogen-bond acceptors (Lipinski definition) is 5. The molecule has 0 unspecified atom stereocenters. The second-order valence-corrected chi connectivity index (χ2v) is 11.7. The molecule has 3 aliphatic rings. The van der Waals surface area contributed by atoms with Crippen LogP contribution in [-0.2, 0) is 5.54 Å². The highest BCUT2D eigenvalue weighted by Gasteiger charge is 2.44. The quantitative estimate of drug-likeness (QED) is 0.194. The van der Waals surface area contributed by atoms with E-state index in [1.807, 2.05) is 12.1 Å². The number of rotatable bonds is 11. The second kappa shape index (κ2) is 12.1. The lowest BCUT2D eigenvalue weighted by molar-refractivity contribution is 0.300. The maximum absolute atomic E-state index is 9.39. The summed E-state index contributed by atoms with van der Waals surface area (Å²) in [5.74, 6) is 2.25. The first-order chi connectivity index (χ1) is 21.3. The van der Waals surface area contributed by atoms with Crippen LogP contribution in [0.25, 0.3) is 22.2 Å². The molecule has 2 N–H and O–H groups in total. The lowest BCUT2D eigenvalue weighted by Gasteiger charge is -2.41. The van der Waals surface area contributed by atoms with Gasteiger partial charge in [0.15, 0.2) is 0 Å². The van der Waals surface area contributed by atoms with Crippen molar-refractivity contribution in [3.05, 3.63) is 120 Å². The van der Waals surface area contributed by atoms with Gasteiger partial charge in [-0.1, -0.05) is 66.8 Å². The van der Waals surface area contributed by atoms with Gasteiger partial charge >= 0.3 is 0 Å². The van der Waals surface area contributed by atoms with E-state index in [-0.39, 0.29) is 6.61 Å². The van der Waals surface area contributed by atoms with Gasteiger partial charge in [-0.3, -0.25) is 0 Å². The summed E-state index contributed by atoms with van der Waals surface area (Å²) in [6, 6.07) is 21.4. The van der Waals surface area contributed by atoms with Gasteiger partial charge < -0.3 is 15.2 Å². The number of nitrogens with zero attached hydrogens (tertiary/aromatic N) is 3.